The Labute approximate surface area is 187 Å². The third kappa shape index (κ3) is 4.95. The number of carboxylic acids is 1. The van der Waals surface area contributed by atoms with Crippen LogP contribution in [0.3, 0.4) is 0 Å². The summed E-state index contributed by atoms with van der Waals surface area (Å²) >= 11 is 13.1. The minimum absolute atomic E-state index is 0.00989. The van der Waals surface area contributed by atoms with E-state index in [-0.39, 0.29) is 23.8 Å². The van der Waals surface area contributed by atoms with Crippen molar-refractivity contribution in [2.75, 3.05) is 16.8 Å². The van der Waals surface area contributed by atoms with Crippen LogP contribution in [0.2, 0.25) is 10.0 Å². The SMILES string of the molecule is CCN=C(Nc1ccc(Cl)c(Cl)c1)S[C@H]1CC(=O)N(c2ccc(C(=O)O)cc2)C1=O. The molecule has 0 saturated carbocycles. The molecule has 1 aliphatic rings. The number of carboxylic acid groups (broad SMARTS) is 1. The standard InChI is InChI=1S/C20H17Cl2N3O4S/c1-2-23-20(24-12-5-8-14(21)15(22)9-12)30-16-10-17(26)25(18(16)27)13-6-3-11(4-7-13)19(28)29/h3-9,16H,2,10H2,1H3,(H,23,24)(H,28,29)/t16-/m0/s1. The van der Waals surface area contributed by atoms with E-state index in [0.29, 0.717) is 33.1 Å². The van der Waals surface area contributed by atoms with Gasteiger partial charge in [0.05, 0.1) is 21.3 Å². The molecule has 1 aliphatic heterocycles. The number of nitrogens with zero attached hydrogens (tertiary/aromatic N) is 2. The zero-order valence-corrected chi connectivity index (χ0v) is 18.1. The number of anilines is 2. The highest BCUT2D eigenvalue weighted by molar-refractivity contribution is 8.15. The lowest BCUT2D eigenvalue weighted by Crippen LogP contribution is -2.31. The molecule has 3 rings (SSSR count). The van der Waals surface area contributed by atoms with Gasteiger partial charge in [-0.3, -0.25) is 14.6 Å². The van der Waals surface area contributed by atoms with Crippen LogP contribution in [0.5, 0.6) is 0 Å². The molecule has 0 radical (unpaired) electrons. The number of carbonyl (C=O) groups is 3. The summed E-state index contributed by atoms with van der Waals surface area (Å²) in [5.74, 6) is -1.82. The second-order valence-corrected chi connectivity index (χ2v) is 8.27. The van der Waals surface area contributed by atoms with Gasteiger partial charge in [-0.2, -0.15) is 0 Å². The minimum atomic E-state index is -1.08. The number of hydrogen-bond donors (Lipinski definition) is 2. The van der Waals surface area contributed by atoms with E-state index in [4.69, 9.17) is 28.3 Å². The lowest BCUT2D eigenvalue weighted by Gasteiger charge is -2.16. The number of amidine groups is 1. The van der Waals surface area contributed by atoms with Crippen molar-refractivity contribution < 1.29 is 19.5 Å². The second kappa shape index (κ2) is 9.51. The first-order chi connectivity index (χ1) is 14.3. The van der Waals surface area contributed by atoms with Gasteiger partial charge in [-0.15, -0.1) is 0 Å². The topological polar surface area (TPSA) is 99.1 Å². The fourth-order valence-electron chi connectivity index (χ4n) is 2.80. The van der Waals surface area contributed by atoms with Crippen LogP contribution < -0.4 is 10.2 Å². The number of amides is 2. The van der Waals surface area contributed by atoms with Crippen LogP contribution in [-0.2, 0) is 9.59 Å². The number of benzene rings is 2. The van der Waals surface area contributed by atoms with Crippen LogP contribution in [0, 0.1) is 0 Å². The lowest BCUT2D eigenvalue weighted by molar-refractivity contribution is -0.121. The van der Waals surface area contributed by atoms with E-state index in [9.17, 15) is 14.4 Å². The summed E-state index contributed by atoms with van der Waals surface area (Å²) in [4.78, 5) is 41.8. The van der Waals surface area contributed by atoms with Crippen LogP contribution >= 0.6 is 35.0 Å². The van der Waals surface area contributed by atoms with Gasteiger partial charge in [0.15, 0.2) is 5.17 Å². The third-order valence-electron chi connectivity index (χ3n) is 4.20. The predicted molar refractivity (Wildman–Crippen MR) is 120 cm³/mol. The van der Waals surface area contributed by atoms with Crippen molar-refractivity contribution in [3.63, 3.8) is 0 Å². The Balaban J connectivity index is 1.75. The molecule has 156 valence electrons. The molecule has 10 heteroatoms. The Bertz CT molecular complexity index is 1030. The Kier molecular flexibility index (Phi) is 7.02. The van der Waals surface area contributed by atoms with Gasteiger partial charge < -0.3 is 10.4 Å². The summed E-state index contributed by atoms with van der Waals surface area (Å²) in [5.41, 5.74) is 1.07. The highest BCUT2D eigenvalue weighted by atomic mass is 35.5. The molecule has 1 saturated heterocycles. The van der Waals surface area contributed by atoms with Gasteiger partial charge in [-0.25, -0.2) is 9.69 Å². The van der Waals surface area contributed by atoms with Gasteiger partial charge in [-0.05, 0) is 49.4 Å². The molecule has 2 amide bonds. The second-order valence-electron chi connectivity index (χ2n) is 6.26. The Morgan fingerprint density at radius 3 is 2.50 bits per heavy atom. The number of nitrogens with one attached hydrogen (secondary N) is 1. The predicted octanol–water partition coefficient (Wildman–Crippen LogP) is 4.54. The van der Waals surface area contributed by atoms with E-state index in [1.807, 2.05) is 6.92 Å². The summed E-state index contributed by atoms with van der Waals surface area (Å²) < 4.78 is 0. The zero-order valence-electron chi connectivity index (χ0n) is 15.8. The van der Waals surface area contributed by atoms with Gasteiger partial charge in [0, 0.05) is 18.7 Å². The number of halogens is 2. The Morgan fingerprint density at radius 1 is 1.20 bits per heavy atom. The normalized spacial score (nSPS) is 16.8. The highest BCUT2D eigenvalue weighted by Crippen LogP contribution is 2.32. The van der Waals surface area contributed by atoms with Crippen LogP contribution in [0.15, 0.2) is 47.5 Å². The molecule has 1 atom stereocenters. The number of carbonyl (C=O) groups excluding carboxylic acids is 2. The monoisotopic (exact) mass is 465 g/mol. The molecule has 0 spiro atoms. The van der Waals surface area contributed by atoms with Crippen LogP contribution in [-0.4, -0.2) is 39.9 Å². The maximum atomic E-state index is 12.9. The van der Waals surface area contributed by atoms with Gasteiger partial charge in [0.1, 0.15) is 5.25 Å². The van der Waals surface area contributed by atoms with Crippen molar-refractivity contribution >= 4 is 69.3 Å². The highest BCUT2D eigenvalue weighted by Gasteiger charge is 2.40. The van der Waals surface area contributed by atoms with Gasteiger partial charge in [0.2, 0.25) is 11.8 Å². The summed E-state index contributed by atoms with van der Waals surface area (Å²) in [7, 11) is 0. The Hall–Kier alpha value is -2.55. The fourth-order valence-corrected chi connectivity index (χ4v) is 4.18. The van der Waals surface area contributed by atoms with E-state index in [1.165, 1.54) is 24.3 Å². The first-order valence-electron chi connectivity index (χ1n) is 8.93. The van der Waals surface area contributed by atoms with Crippen LogP contribution in [0.4, 0.5) is 11.4 Å². The molecule has 0 aliphatic carbocycles. The first-order valence-corrected chi connectivity index (χ1v) is 10.6. The number of thioether (sulfide) groups is 1. The van der Waals surface area contributed by atoms with E-state index in [1.54, 1.807) is 18.2 Å². The van der Waals surface area contributed by atoms with E-state index in [0.717, 1.165) is 16.7 Å². The van der Waals surface area contributed by atoms with Crippen molar-refractivity contribution in [1.82, 2.24) is 0 Å². The zero-order chi connectivity index (χ0) is 21.8. The van der Waals surface area contributed by atoms with Gasteiger partial charge in [-0.1, -0.05) is 35.0 Å². The van der Waals surface area contributed by atoms with Crippen molar-refractivity contribution in [1.29, 1.82) is 0 Å². The van der Waals surface area contributed by atoms with E-state index in [2.05, 4.69) is 10.3 Å². The number of aromatic carboxylic acids is 1. The average Bonchev–Trinajstić information content (AvgIpc) is 2.98. The minimum Gasteiger partial charge on any atom is -0.478 e. The van der Waals surface area contributed by atoms with Gasteiger partial charge >= 0.3 is 5.97 Å². The first kappa shape index (κ1) is 22.1. The summed E-state index contributed by atoms with van der Waals surface area (Å²) in [6.07, 6.45) is 0.00989. The number of rotatable bonds is 5. The molecule has 1 heterocycles. The number of imide groups is 1. The summed E-state index contributed by atoms with van der Waals surface area (Å²) in [6.45, 7) is 2.33. The Morgan fingerprint density at radius 2 is 1.90 bits per heavy atom. The smallest absolute Gasteiger partial charge is 0.335 e. The van der Waals surface area contributed by atoms with Crippen molar-refractivity contribution in [2.45, 2.75) is 18.6 Å². The molecule has 0 unspecified atom stereocenters. The van der Waals surface area contributed by atoms with Crippen LogP contribution in [0.1, 0.15) is 23.7 Å². The average molecular weight is 466 g/mol. The number of hydrogen-bond acceptors (Lipinski definition) is 5. The molecule has 7 nitrogen and oxygen atoms in total. The summed E-state index contributed by atoms with van der Waals surface area (Å²) in [6, 6.07) is 10.6. The molecule has 1 fully saturated rings. The summed E-state index contributed by atoms with van der Waals surface area (Å²) in [5, 5.41) is 12.7. The lowest BCUT2D eigenvalue weighted by atomic mass is 10.2. The molecule has 30 heavy (non-hydrogen) atoms. The van der Waals surface area contributed by atoms with Crippen molar-refractivity contribution in [2.24, 2.45) is 4.99 Å². The molecular weight excluding hydrogens is 449 g/mol. The maximum absolute atomic E-state index is 12.9. The van der Waals surface area contributed by atoms with E-state index < -0.39 is 11.2 Å². The molecule has 2 N–H and O–H groups in total. The molecule has 2 aromatic rings. The van der Waals surface area contributed by atoms with Gasteiger partial charge in [0.25, 0.3) is 0 Å². The van der Waals surface area contributed by atoms with E-state index >= 15 is 0 Å². The maximum Gasteiger partial charge on any atom is 0.335 e. The van der Waals surface area contributed by atoms with Crippen molar-refractivity contribution in [3.05, 3.63) is 58.1 Å². The number of aliphatic imine (C=N–C) groups is 1. The molecule has 0 bridgehead atoms. The largest absolute Gasteiger partial charge is 0.478 e. The van der Waals surface area contributed by atoms with Crippen LogP contribution in [0.25, 0.3) is 0 Å². The molecular formula is C20H17Cl2N3O4S. The quantitative estimate of drug-likeness (QED) is 0.381. The van der Waals surface area contributed by atoms with Crippen molar-refractivity contribution in [3.8, 4) is 0 Å². The molecule has 0 aromatic heterocycles. The fraction of sp³-hybridized carbons (Fsp3) is 0.200. The third-order valence-corrected chi connectivity index (χ3v) is 6.05. The molecule has 2 aromatic carbocycles.